The van der Waals surface area contributed by atoms with Crippen LogP contribution < -0.4 is 5.73 Å². The molecule has 0 radical (unpaired) electrons. The van der Waals surface area contributed by atoms with Crippen LogP contribution in [0.25, 0.3) is 0 Å². The number of alkyl halides is 2. The van der Waals surface area contributed by atoms with Gasteiger partial charge in [-0.3, -0.25) is 4.98 Å². The second-order valence-electron chi connectivity index (χ2n) is 2.26. The summed E-state index contributed by atoms with van der Waals surface area (Å²) in [6, 6.07) is 0.0552. The van der Waals surface area contributed by atoms with Crippen molar-refractivity contribution in [1.29, 1.82) is 0 Å². The summed E-state index contributed by atoms with van der Waals surface area (Å²) in [6.07, 6.45) is 0.0627. The van der Waals surface area contributed by atoms with Crippen molar-refractivity contribution in [1.82, 2.24) is 4.98 Å². The standard InChI is InChI=1S/C7H7ClF2N2/c8-5-3-12-2-1-4(5)6(11)7(9)10/h1-3,6-7H,11H2/t6-/m1/s1. The molecule has 0 aliphatic carbocycles. The second kappa shape index (κ2) is 3.78. The smallest absolute Gasteiger partial charge is 0.257 e. The number of hydrogen-bond acceptors (Lipinski definition) is 2. The molecule has 1 aromatic heterocycles. The first-order valence-corrected chi connectivity index (χ1v) is 3.64. The average molecular weight is 193 g/mol. The Kier molecular flexibility index (Phi) is 2.94. The van der Waals surface area contributed by atoms with E-state index in [0.29, 0.717) is 0 Å². The van der Waals surface area contributed by atoms with Gasteiger partial charge in [0.25, 0.3) is 6.43 Å². The van der Waals surface area contributed by atoms with E-state index < -0.39 is 12.5 Å². The van der Waals surface area contributed by atoms with Crippen LogP contribution in [0.4, 0.5) is 8.78 Å². The fourth-order valence-corrected chi connectivity index (χ4v) is 1.04. The van der Waals surface area contributed by atoms with Gasteiger partial charge in [-0.05, 0) is 11.6 Å². The van der Waals surface area contributed by atoms with Crippen molar-refractivity contribution >= 4 is 11.6 Å². The molecule has 5 heteroatoms. The van der Waals surface area contributed by atoms with Crippen molar-refractivity contribution in [2.75, 3.05) is 0 Å². The van der Waals surface area contributed by atoms with Gasteiger partial charge in [-0.1, -0.05) is 11.6 Å². The van der Waals surface area contributed by atoms with Crippen LogP contribution >= 0.6 is 11.6 Å². The number of halogens is 3. The van der Waals surface area contributed by atoms with E-state index in [1.54, 1.807) is 0 Å². The van der Waals surface area contributed by atoms with Crippen molar-refractivity contribution < 1.29 is 8.78 Å². The molecule has 0 unspecified atom stereocenters. The minimum Gasteiger partial charge on any atom is -0.319 e. The third-order valence-electron chi connectivity index (χ3n) is 1.43. The van der Waals surface area contributed by atoms with E-state index in [9.17, 15) is 8.78 Å². The maximum Gasteiger partial charge on any atom is 0.257 e. The Morgan fingerprint density at radius 2 is 2.17 bits per heavy atom. The monoisotopic (exact) mass is 192 g/mol. The van der Waals surface area contributed by atoms with E-state index in [-0.39, 0.29) is 10.6 Å². The summed E-state index contributed by atoms with van der Waals surface area (Å²) in [7, 11) is 0. The molecule has 0 aromatic carbocycles. The van der Waals surface area contributed by atoms with E-state index in [1.165, 1.54) is 18.5 Å². The molecular formula is C7H7ClF2N2. The lowest BCUT2D eigenvalue weighted by Crippen LogP contribution is -2.19. The molecular weight excluding hydrogens is 186 g/mol. The SMILES string of the molecule is N[C@H](c1ccncc1Cl)C(F)F. The first-order valence-electron chi connectivity index (χ1n) is 3.26. The maximum absolute atomic E-state index is 12.1. The molecule has 1 aromatic rings. The Morgan fingerprint density at radius 3 is 2.67 bits per heavy atom. The van der Waals surface area contributed by atoms with Crippen molar-refractivity contribution in [3.05, 3.63) is 29.0 Å². The zero-order valence-electron chi connectivity index (χ0n) is 6.05. The van der Waals surface area contributed by atoms with Crippen molar-refractivity contribution in [2.45, 2.75) is 12.5 Å². The van der Waals surface area contributed by atoms with E-state index in [2.05, 4.69) is 4.98 Å². The highest BCUT2D eigenvalue weighted by Gasteiger charge is 2.19. The summed E-state index contributed by atoms with van der Waals surface area (Å²) in [4.78, 5) is 3.65. The zero-order chi connectivity index (χ0) is 9.14. The molecule has 2 N–H and O–H groups in total. The lowest BCUT2D eigenvalue weighted by molar-refractivity contribution is 0.116. The number of aromatic nitrogens is 1. The number of nitrogens with zero attached hydrogens (tertiary/aromatic N) is 1. The van der Waals surface area contributed by atoms with Crippen molar-refractivity contribution in [3.8, 4) is 0 Å². The van der Waals surface area contributed by atoms with E-state index in [0.717, 1.165) is 0 Å². The Balaban J connectivity index is 2.94. The summed E-state index contributed by atoms with van der Waals surface area (Å²) in [6.45, 7) is 0. The summed E-state index contributed by atoms with van der Waals surface area (Å²) in [5.41, 5.74) is 5.40. The molecule has 1 rings (SSSR count). The first kappa shape index (κ1) is 9.35. The Morgan fingerprint density at radius 1 is 1.50 bits per heavy atom. The number of rotatable bonds is 2. The fraction of sp³-hybridized carbons (Fsp3) is 0.286. The molecule has 0 amide bonds. The molecule has 12 heavy (non-hydrogen) atoms. The highest BCUT2D eigenvalue weighted by Crippen LogP contribution is 2.23. The van der Waals surface area contributed by atoms with Gasteiger partial charge in [-0.25, -0.2) is 8.78 Å². The minimum atomic E-state index is -2.61. The van der Waals surface area contributed by atoms with Gasteiger partial charge in [-0.15, -0.1) is 0 Å². The number of hydrogen-bond donors (Lipinski definition) is 1. The van der Waals surface area contributed by atoms with Gasteiger partial charge >= 0.3 is 0 Å². The van der Waals surface area contributed by atoms with Gasteiger partial charge in [0.1, 0.15) is 0 Å². The van der Waals surface area contributed by atoms with Crippen LogP contribution in [0.3, 0.4) is 0 Å². The quantitative estimate of drug-likeness (QED) is 0.779. The van der Waals surface area contributed by atoms with E-state index in [1.807, 2.05) is 0 Å². The number of pyridine rings is 1. The zero-order valence-corrected chi connectivity index (χ0v) is 6.80. The number of nitrogens with two attached hydrogens (primary N) is 1. The van der Waals surface area contributed by atoms with Gasteiger partial charge in [-0.2, -0.15) is 0 Å². The Bertz CT molecular complexity index is 267. The predicted molar refractivity (Wildman–Crippen MR) is 42.2 cm³/mol. The van der Waals surface area contributed by atoms with Crippen LogP contribution in [0, 0.1) is 0 Å². The van der Waals surface area contributed by atoms with Crippen LogP contribution in [0.15, 0.2) is 18.5 Å². The Labute approximate surface area is 73.4 Å². The van der Waals surface area contributed by atoms with Gasteiger partial charge in [0.15, 0.2) is 0 Å². The van der Waals surface area contributed by atoms with Crippen molar-refractivity contribution in [2.24, 2.45) is 5.73 Å². The third-order valence-corrected chi connectivity index (χ3v) is 1.75. The Hall–Kier alpha value is -0.740. The normalized spacial score (nSPS) is 13.4. The minimum absolute atomic E-state index is 0.172. The topological polar surface area (TPSA) is 38.9 Å². The molecule has 2 nitrogen and oxygen atoms in total. The van der Waals surface area contributed by atoms with Gasteiger partial charge in [0.2, 0.25) is 0 Å². The lowest BCUT2D eigenvalue weighted by Gasteiger charge is -2.11. The predicted octanol–water partition coefficient (Wildman–Crippen LogP) is 2.00. The van der Waals surface area contributed by atoms with Crippen LogP contribution in [-0.4, -0.2) is 11.4 Å². The van der Waals surface area contributed by atoms with E-state index in [4.69, 9.17) is 17.3 Å². The van der Waals surface area contributed by atoms with Gasteiger partial charge in [0.05, 0.1) is 11.1 Å². The fourth-order valence-electron chi connectivity index (χ4n) is 0.792. The van der Waals surface area contributed by atoms with Crippen LogP contribution in [0.5, 0.6) is 0 Å². The molecule has 0 aliphatic rings. The summed E-state index contributed by atoms with van der Waals surface area (Å²) >= 11 is 5.59. The van der Waals surface area contributed by atoms with Crippen molar-refractivity contribution in [3.63, 3.8) is 0 Å². The van der Waals surface area contributed by atoms with Crippen LogP contribution in [-0.2, 0) is 0 Å². The largest absolute Gasteiger partial charge is 0.319 e. The average Bonchev–Trinajstić information content (AvgIpc) is 2.04. The molecule has 0 fully saturated rings. The third kappa shape index (κ3) is 1.89. The molecule has 0 saturated carbocycles. The molecule has 1 heterocycles. The van der Waals surface area contributed by atoms with Crippen LogP contribution in [0.1, 0.15) is 11.6 Å². The van der Waals surface area contributed by atoms with Gasteiger partial charge in [0, 0.05) is 12.4 Å². The molecule has 1 atom stereocenters. The van der Waals surface area contributed by atoms with Gasteiger partial charge < -0.3 is 5.73 Å². The lowest BCUT2D eigenvalue weighted by atomic mass is 10.1. The molecule has 0 aliphatic heterocycles. The molecule has 0 saturated heterocycles. The molecule has 0 bridgehead atoms. The summed E-state index contributed by atoms with van der Waals surface area (Å²) in [5.74, 6) is 0. The highest BCUT2D eigenvalue weighted by molar-refractivity contribution is 6.31. The van der Waals surface area contributed by atoms with E-state index >= 15 is 0 Å². The van der Waals surface area contributed by atoms with Crippen LogP contribution in [0.2, 0.25) is 5.02 Å². The molecule has 0 spiro atoms. The summed E-state index contributed by atoms with van der Waals surface area (Å²) in [5, 5.41) is 0.172. The summed E-state index contributed by atoms with van der Waals surface area (Å²) < 4.78 is 24.2. The second-order valence-corrected chi connectivity index (χ2v) is 2.66. The molecule has 66 valence electrons. The maximum atomic E-state index is 12.1. The highest BCUT2D eigenvalue weighted by atomic mass is 35.5. The first-order chi connectivity index (χ1) is 5.63.